The molecule has 1 rings (SSSR count). The van der Waals surface area contributed by atoms with Gasteiger partial charge in [-0.2, -0.15) is 0 Å². The Bertz CT molecular complexity index is 553. The second kappa shape index (κ2) is 6.22. The number of aliphatic carboxylic acids is 1. The first-order valence-corrected chi connectivity index (χ1v) is 5.94. The summed E-state index contributed by atoms with van der Waals surface area (Å²) in [5.41, 5.74) is 0.676. The number of carboxylic acid groups (broad SMARTS) is 1. The maximum atomic E-state index is 11.6. The SMILES string of the molecule is COc1cc(/C(C)=C/C(C)CC(=O)O)oc(=O)c1C. The van der Waals surface area contributed by atoms with E-state index in [4.69, 9.17) is 14.3 Å². The maximum Gasteiger partial charge on any atom is 0.342 e. The van der Waals surface area contributed by atoms with E-state index in [2.05, 4.69) is 0 Å². The van der Waals surface area contributed by atoms with Crippen LogP contribution in [0.15, 0.2) is 21.4 Å². The zero-order valence-corrected chi connectivity index (χ0v) is 11.5. The van der Waals surface area contributed by atoms with Crippen molar-refractivity contribution >= 4 is 11.5 Å². The predicted molar refractivity (Wildman–Crippen MR) is 71.3 cm³/mol. The van der Waals surface area contributed by atoms with Gasteiger partial charge in [-0.3, -0.25) is 4.79 Å². The van der Waals surface area contributed by atoms with Gasteiger partial charge in [-0.05, 0) is 25.3 Å². The van der Waals surface area contributed by atoms with Crippen molar-refractivity contribution in [1.82, 2.24) is 0 Å². The fourth-order valence-electron chi connectivity index (χ4n) is 1.78. The largest absolute Gasteiger partial charge is 0.496 e. The van der Waals surface area contributed by atoms with Crippen molar-refractivity contribution < 1.29 is 19.1 Å². The molecule has 0 aliphatic carbocycles. The molecular weight excluding hydrogens is 248 g/mol. The molecule has 1 N–H and O–H groups in total. The first kappa shape index (κ1) is 15.0. The van der Waals surface area contributed by atoms with Gasteiger partial charge in [0.2, 0.25) is 0 Å². The third kappa shape index (κ3) is 3.98. The van der Waals surface area contributed by atoms with Crippen molar-refractivity contribution in [3.63, 3.8) is 0 Å². The number of carboxylic acids is 1. The van der Waals surface area contributed by atoms with Crippen LogP contribution < -0.4 is 10.4 Å². The molecule has 0 aliphatic heterocycles. The molecule has 0 saturated heterocycles. The highest BCUT2D eigenvalue weighted by Gasteiger charge is 2.11. The average molecular weight is 266 g/mol. The molecule has 1 unspecified atom stereocenters. The highest BCUT2D eigenvalue weighted by Crippen LogP contribution is 2.22. The van der Waals surface area contributed by atoms with Gasteiger partial charge in [-0.1, -0.05) is 13.0 Å². The molecule has 0 bridgehead atoms. The van der Waals surface area contributed by atoms with Crippen LogP contribution >= 0.6 is 0 Å². The molecule has 0 spiro atoms. The Labute approximate surface area is 111 Å². The van der Waals surface area contributed by atoms with Crippen LogP contribution in [0.2, 0.25) is 0 Å². The molecule has 104 valence electrons. The van der Waals surface area contributed by atoms with Gasteiger partial charge >= 0.3 is 11.6 Å². The quantitative estimate of drug-likeness (QED) is 0.885. The monoisotopic (exact) mass is 266 g/mol. The third-order valence-corrected chi connectivity index (χ3v) is 2.78. The molecule has 0 saturated carbocycles. The van der Waals surface area contributed by atoms with Gasteiger partial charge in [-0.25, -0.2) is 4.79 Å². The number of allylic oxidation sites excluding steroid dienone is 2. The minimum Gasteiger partial charge on any atom is -0.496 e. The molecular formula is C14H18O5. The van der Waals surface area contributed by atoms with E-state index in [1.54, 1.807) is 32.9 Å². The summed E-state index contributed by atoms with van der Waals surface area (Å²) in [7, 11) is 1.48. The minimum atomic E-state index is -0.862. The van der Waals surface area contributed by atoms with Gasteiger partial charge in [0.25, 0.3) is 0 Å². The summed E-state index contributed by atoms with van der Waals surface area (Å²) in [5.74, 6) is -0.149. The summed E-state index contributed by atoms with van der Waals surface area (Å²) in [6.45, 7) is 5.19. The molecule has 19 heavy (non-hydrogen) atoms. The number of hydrogen-bond donors (Lipinski definition) is 1. The van der Waals surface area contributed by atoms with E-state index in [0.29, 0.717) is 22.6 Å². The Morgan fingerprint density at radius 3 is 2.74 bits per heavy atom. The Hall–Kier alpha value is -2.04. The minimum absolute atomic E-state index is 0.0323. The topological polar surface area (TPSA) is 76.7 Å². The zero-order chi connectivity index (χ0) is 14.6. The number of ether oxygens (including phenoxy) is 1. The number of hydrogen-bond acceptors (Lipinski definition) is 4. The summed E-state index contributed by atoms with van der Waals surface area (Å²) >= 11 is 0. The van der Waals surface area contributed by atoms with Crippen LogP contribution in [0.5, 0.6) is 5.75 Å². The van der Waals surface area contributed by atoms with E-state index < -0.39 is 11.6 Å². The lowest BCUT2D eigenvalue weighted by Gasteiger charge is -2.08. The lowest BCUT2D eigenvalue weighted by molar-refractivity contribution is -0.137. The van der Waals surface area contributed by atoms with E-state index >= 15 is 0 Å². The van der Waals surface area contributed by atoms with Crippen molar-refractivity contribution in [3.05, 3.63) is 33.9 Å². The number of carbonyl (C=O) groups is 1. The van der Waals surface area contributed by atoms with Gasteiger partial charge in [0.15, 0.2) is 0 Å². The van der Waals surface area contributed by atoms with Gasteiger partial charge in [-0.15, -0.1) is 0 Å². The molecule has 1 aromatic rings. The zero-order valence-electron chi connectivity index (χ0n) is 11.5. The van der Waals surface area contributed by atoms with E-state index in [-0.39, 0.29) is 12.3 Å². The third-order valence-electron chi connectivity index (χ3n) is 2.78. The molecule has 5 heteroatoms. The van der Waals surface area contributed by atoms with Gasteiger partial charge < -0.3 is 14.3 Å². The lowest BCUT2D eigenvalue weighted by Crippen LogP contribution is -2.07. The second-order valence-electron chi connectivity index (χ2n) is 4.52. The van der Waals surface area contributed by atoms with Crippen molar-refractivity contribution in [2.24, 2.45) is 5.92 Å². The Balaban J connectivity index is 3.09. The molecule has 0 amide bonds. The van der Waals surface area contributed by atoms with Crippen LogP contribution in [-0.4, -0.2) is 18.2 Å². The first-order valence-electron chi connectivity index (χ1n) is 5.94. The van der Waals surface area contributed by atoms with E-state index in [0.717, 1.165) is 0 Å². The van der Waals surface area contributed by atoms with Crippen LogP contribution in [0.4, 0.5) is 0 Å². The van der Waals surface area contributed by atoms with Gasteiger partial charge in [0.05, 0.1) is 19.1 Å². The normalized spacial score (nSPS) is 13.2. The van der Waals surface area contributed by atoms with Crippen LogP contribution in [0.1, 0.15) is 31.6 Å². The summed E-state index contributed by atoms with van der Waals surface area (Å²) in [6, 6.07) is 1.63. The molecule has 0 aliphatic rings. The van der Waals surface area contributed by atoms with E-state index in [9.17, 15) is 9.59 Å². The van der Waals surface area contributed by atoms with Gasteiger partial charge in [0, 0.05) is 6.07 Å². The fraction of sp³-hybridized carbons (Fsp3) is 0.429. The van der Waals surface area contributed by atoms with Crippen molar-refractivity contribution in [3.8, 4) is 5.75 Å². The molecule has 0 fully saturated rings. The smallest absolute Gasteiger partial charge is 0.342 e. The molecule has 1 atom stereocenters. The molecule has 1 heterocycles. The Morgan fingerprint density at radius 1 is 1.58 bits per heavy atom. The Kier molecular flexibility index (Phi) is 4.92. The number of methoxy groups -OCH3 is 1. The summed E-state index contributed by atoms with van der Waals surface area (Å²) in [6.07, 6.45) is 1.80. The van der Waals surface area contributed by atoms with Crippen LogP contribution in [0.3, 0.4) is 0 Å². The summed E-state index contributed by atoms with van der Waals surface area (Å²) in [4.78, 5) is 22.2. The molecule has 5 nitrogen and oxygen atoms in total. The summed E-state index contributed by atoms with van der Waals surface area (Å²) in [5, 5.41) is 8.71. The van der Waals surface area contributed by atoms with Crippen molar-refractivity contribution in [2.75, 3.05) is 7.11 Å². The van der Waals surface area contributed by atoms with Crippen LogP contribution in [0.25, 0.3) is 5.57 Å². The predicted octanol–water partition coefficient (Wildman–Crippen LogP) is 2.47. The Morgan fingerprint density at radius 2 is 2.21 bits per heavy atom. The summed E-state index contributed by atoms with van der Waals surface area (Å²) < 4.78 is 10.3. The highest BCUT2D eigenvalue weighted by molar-refractivity contribution is 5.68. The standard InChI is InChI=1S/C14H18O5/c1-8(6-13(15)16)5-9(2)11-7-12(18-4)10(3)14(17)19-11/h5,7-8H,6H2,1-4H3,(H,15,16)/b9-5+. The van der Waals surface area contributed by atoms with E-state index in [1.807, 2.05) is 0 Å². The lowest BCUT2D eigenvalue weighted by atomic mass is 10.0. The van der Waals surface area contributed by atoms with Crippen LogP contribution in [-0.2, 0) is 4.79 Å². The van der Waals surface area contributed by atoms with Crippen molar-refractivity contribution in [2.45, 2.75) is 27.2 Å². The maximum absolute atomic E-state index is 11.6. The first-order chi connectivity index (χ1) is 8.85. The highest BCUT2D eigenvalue weighted by atomic mass is 16.5. The van der Waals surface area contributed by atoms with Crippen LogP contribution in [0, 0.1) is 12.8 Å². The van der Waals surface area contributed by atoms with Crippen molar-refractivity contribution in [1.29, 1.82) is 0 Å². The molecule has 0 radical (unpaired) electrons. The van der Waals surface area contributed by atoms with Gasteiger partial charge in [0.1, 0.15) is 11.5 Å². The average Bonchev–Trinajstić information content (AvgIpc) is 2.31. The second-order valence-corrected chi connectivity index (χ2v) is 4.52. The molecule has 1 aromatic heterocycles. The number of rotatable bonds is 5. The molecule has 0 aromatic carbocycles. The fourth-order valence-corrected chi connectivity index (χ4v) is 1.78. The van der Waals surface area contributed by atoms with E-state index in [1.165, 1.54) is 7.11 Å².